The van der Waals surface area contributed by atoms with Gasteiger partial charge in [-0.05, 0) is 49.9 Å². The van der Waals surface area contributed by atoms with Gasteiger partial charge in [-0.3, -0.25) is 9.59 Å². The third kappa shape index (κ3) is 4.29. The average molecular weight is 347 g/mol. The fourth-order valence-electron chi connectivity index (χ4n) is 2.68. The number of halogens is 1. The van der Waals surface area contributed by atoms with Crippen LogP contribution in [0.3, 0.4) is 0 Å². The summed E-state index contributed by atoms with van der Waals surface area (Å²) in [6.45, 7) is 0. The maximum absolute atomic E-state index is 12.9. The number of hydrogen-bond donors (Lipinski definition) is 1. The Kier molecular flexibility index (Phi) is 5.40. The van der Waals surface area contributed by atoms with Crippen molar-refractivity contribution in [2.24, 2.45) is 10.2 Å². The van der Waals surface area contributed by atoms with Crippen LogP contribution in [0.15, 0.2) is 34.5 Å². The molecule has 1 atom stereocenters. The molecular weight excluding hydrogens is 329 g/mol. The van der Waals surface area contributed by atoms with E-state index in [0.717, 1.165) is 31.4 Å². The molecule has 126 valence electrons. The fourth-order valence-corrected chi connectivity index (χ4v) is 3.60. The van der Waals surface area contributed by atoms with Gasteiger partial charge in [-0.2, -0.15) is 5.10 Å². The summed E-state index contributed by atoms with van der Waals surface area (Å²) in [6.07, 6.45) is 5.48. The molecule has 2 aliphatic rings. The smallest absolute Gasteiger partial charge is 0.240 e. The van der Waals surface area contributed by atoms with Crippen molar-refractivity contribution in [3.05, 3.63) is 35.6 Å². The van der Waals surface area contributed by atoms with Gasteiger partial charge in [0.25, 0.3) is 0 Å². The lowest BCUT2D eigenvalue weighted by Crippen LogP contribution is -2.26. The fraction of sp³-hybridized carbons (Fsp3) is 0.412. The summed E-state index contributed by atoms with van der Waals surface area (Å²) in [5.41, 5.74) is 1.46. The minimum Gasteiger partial charge on any atom is -0.303 e. The number of Topliss-reactive ketones (excluding diaryl/α,β-unsaturated/α-hetero) is 1. The summed E-state index contributed by atoms with van der Waals surface area (Å²) in [5, 5.41) is 10.9. The van der Waals surface area contributed by atoms with Gasteiger partial charge in [-0.25, -0.2) is 4.39 Å². The van der Waals surface area contributed by atoms with Crippen LogP contribution in [0.5, 0.6) is 0 Å². The first kappa shape index (κ1) is 16.8. The van der Waals surface area contributed by atoms with Crippen molar-refractivity contribution in [2.45, 2.75) is 43.8 Å². The number of hydrogen-bond acceptors (Lipinski definition) is 5. The largest absolute Gasteiger partial charge is 0.303 e. The van der Waals surface area contributed by atoms with Crippen LogP contribution in [0.25, 0.3) is 0 Å². The van der Waals surface area contributed by atoms with Crippen molar-refractivity contribution >= 4 is 34.3 Å². The normalized spacial score (nSPS) is 22.5. The predicted octanol–water partition coefficient (Wildman–Crippen LogP) is 3.31. The zero-order valence-corrected chi connectivity index (χ0v) is 13.9. The topological polar surface area (TPSA) is 70.9 Å². The average Bonchev–Trinajstić information content (AvgIpc) is 2.94. The van der Waals surface area contributed by atoms with Gasteiger partial charge in [0.05, 0.1) is 5.25 Å². The van der Waals surface area contributed by atoms with Gasteiger partial charge in [-0.1, -0.05) is 18.2 Å². The van der Waals surface area contributed by atoms with Gasteiger partial charge in [0.1, 0.15) is 5.82 Å². The Labute approximate surface area is 143 Å². The van der Waals surface area contributed by atoms with Crippen LogP contribution in [0.1, 0.15) is 48.9 Å². The van der Waals surface area contributed by atoms with Crippen molar-refractivity contribution in [3.8, 4) is 0 Å². The molecule has 1 aromatic carbocycles. The molecule has 1 amide bonds. The lowest BCUT2D eigenvalue weighted by molar-refractivity contribution is -0.118. The summed E-state index contributed by atoms with van der Waals surface area (Å²) < 4.78 is 12.9. The van der Waals surface area contributed by atoms with Gasteiger partial charge in [-0.15, -0.1) is 5.10 Å². The van der Waals surface area contributed by atoms with E-state index in [-0.39, 0.29) is 18.1 Å². The Hall–Kier alpha value is -2.02. The minimum absolute atomic E-state index is 0.0533. The summed E-state index contributed by atoms with van der Waals surface area (Å²) in [4.78, 5) is 24.2. The van der Waals surface area contributed by atoms with E-state index in [2.05, 4.69) is 15.5 Å². The Morgan fingerprint density at radius 1 is 1.17 bits per heavy atom. The lowest BCUT2D eigenvalue weighted by Gasteiger charge is -2.10. The Morgan fingerprint density at radius 2 is 1.88 bits per heavy atom. The second-order valence-electron chi connectivity index (χ2n) is 5.86. The molecule has 0 bridgehead atoms. The number of benzene rings is 1. The van der Waals surface area contributed by atoms with E-state index in [0.29, 0.717) is 10.7 Å². The molecule has 1 aliphatic carbocycles. The number of ketones is 1. The number of thioether (sulfide) groups is 1. The third-order valence-corrected chi connectivity index (χ3v) is 5.10. The Morgan fingerprint density at radius 3 is 2.58 bits per heavy atom. The van der Waals surface area contributed by atoms with Crippen LogP contribution in [0.2, 0.25) is 0 Å². The molecule has 1 heterocycles. The standard InChI is InChI=1S/C17H18FN3O2S/c18-12-8-6-11(7-9-12)14(22)10-15-16(23)19-17(24-15)21-20-13-4-2-1-3-5-13/h6-9,15H,1-5,10H2,(H,19,21,23). The number of amides is 1. The molecule has 24 heavy (non-hydrogen) atoms. The molecule has 1 N–H and O–H groups in total. The van der Waals surface area contributed by atoms with Crippen molar-refractivity contribution in [3.63, 3.8) is 0 Å². The van der Waals surface area contributed by atoms with Crippen LogP contribution in [0, 0.1) is 5.82 Å². The van der Waals surface area contributed by atoms with Gasteiger partial charge in [0.2, 0.25) is 5.91 Å². The molecule has 3 rings (SSSR count). The minimum atomic E-state index is -0.521. The molecule has 1 saturated carbocycles. The number of nitrogens with one attached hydrogen (secondary N) is 1. The lowest BCUT2D eigenvalue weighted by atomic mass is 9.99. The highest BCUT2D eigenvalue weighted by atomic mass is 32.2. The molecule has 1 aromatic rings. The summed E-state index contributed by atoms with van der Waals surface area (Å²) in [7, 11) is 0. The van der Waals surface area contributed by atoms with Gasteiger partial charge in [0, 0.05) is 17.7 Å². The maximum Gasteiger partial charge on any atom is 0.240 e. The number of rotatable bonds is 4. The van der Waals surface area contributed by atoms with Crippen molar-refractivity contribution in [1.29, 1.82) is 0 Å². The second-order valence-corrected chi connectivity index (χ2v) is 7.05. The maximum atomic E-state index is 12.9. The monoisotopic (exact) mass is 347 g/mol. The van der Waals surface area contributed by atoms with Crippen LogP contribution in [-0.2, 0) is 4.79 Å². The molecular formula is C17H18FN3O2S. The quantitative estimate of drug-likeness (QED) is 0.671. The van der Waals surface area contributed by atoms with E-state index in [1.54, 1.807) is 0 Å². The number of nitrogens with zero attached hydrogens (tertiary/aromatic N) is 2. The molecule has 0 radical (unpaired) electrons. The number of amidine groups is 1. The van der Waals surface area contributed by atoms with Crippen molar-refractivity contribution < 1.29 is 14.0 Å². The van der Waals surface area contributed by atoms with E-state index in [4.69, 9.17) is 0 Å². The Balaban J connectivity index is 1.60. The first-order valence-corrected chi connectivity index (χ1v) is 8.89. The molecule has 2 fully saturated rings. The van der Waals surface area contributed by atoms with E-state index in [1.807, 2.05) is 0 Å². The van der Waals surface area contributed by atoms with E-state index < -0.39 is 11.1 Å². The highest BCUT2D eigenvalue weighted by Gasteiger charge is 2.32. The summed E-state index contributed by atoms with van der Waals surface area (Å²) in [5.74, 6) is -0.823. The predicted molar refractivity (Wildman–Crippen MR) is 92.8 cm³/mol. The van der Waals surface area contributed by atoms with E-state index in [1.165, 1.54) is 42.4 Å². The first-order valence-electron chi connectivity index (χ1n) is 8.01. The highest BCUT2D eigenvalue weighted by Crippen LogP contribution is 2.24. The van der Waals surface area contributed by atoms with Crippen LogP contribution in [-0.4, -0.2) is 27.8 Å². The van der Waals surface area contributed by atoms with E-state index in [9.17, 15) is 14.0 Å². The molecule has 7 heteroatoms. The van der Waals surface area contributed by atoms with Crippen LogP contribution < -0.4 is 5.32 Å². The van der Waals surface area contributed by atoms with Crippen molar-refractivity contribution in [1.82, 2.24) is 5.32 Å². The van der Waals surface area contributed by atoms with Crippen molar-refractivity contribution in [2.75, 3.05) is 0 Å². The number of carbonyl (C=O) groups excluding carboxylic acids is 2. The molecule has 0 aromatic heterocycles. The van der Waals surface area contributed by atoms with Crippen LogP contribution in [0.4, 0.5) is 4.39 Å². The molecule has 1 aliphatic heterocycles. The van der Waals surface area contributed by atoms with Gasteiger partial charge >= 0.3 is 0 Å². The SMILES string of the molecule is O=C(CC1S/C(=N\N=C2CCCCC2)NC1=O)c1ccc(F)cc1. The molecule has 0 spiro atoms. The van der Waals surface area contributed by atoms with Gasteiger partial charge < -0.3 is 5.32 Å². The van der Waals surface area contributed by atoms with Crippen LogP contribution >= 0.6 is 11.8 Å². The highest BCUT2D eigenvalue weighted by molar-refractivity contribution is 8.15. The molecule has 1 unspecified atom stereocenters. The summed E-state index contributed by atoms with van der Waals surface area (Å²) >= 11 is 1.22. The number of carbonyl (C=O) groups is 2. The first-order chi connectivity index (χ1) is 11.6. The zero-order chi connectivity index (χ0) is 16.9. The Bertz CT molecular complexity index is 692. The molecule has 1 saturated heterocycles. The second kappa shape index (κ2) is 7.70. The van der Waals surface area contributed by atoms with Gasteiger partial charge in [0.15, 0.2) is 11.0 Å². The molecule has 5 nitrogen and oxygen atoms in total. The zero-order valence-electron chi connectivity index (χ0n) is 13.1. The third-order valence-electron chi connectivity index (χ3n) is 4.03. The van der Waals surface area contributed by atoms with E-state index >= 15 is 0 Å². The summed E-state index contributed by atoms with van der Waals surface area (Å²) in [6, 6.07) is 5.34.